The van der Waals surface area contributed by atoms with Crippen LogP contribution in [0.5, 0.6) is 5.75 Å². The molecule has 0 bridgehead atoms. The number of ether oxygens (including phenoxy) is 1. The minimum atomic E-state index is 0.136. The molecule has 4 heteroatoms. The Labute approximate surface area is 140 Å². The Morgan fingerprint density at radius 3 is 2.59 bits per heavy atom. The van der Waals surface area contributed by atoms with Crippen LogP contribution in [0.3, 0.4) is 0 Å². The smallest absolute Gasteiger partial charge is 0.287 e. The first-order valence-electron chi connectivity index (χ1n) is 7.87. The minimum Gasteiger partial charge on any atom is -0.493 e. The van der Waals surface area contributed by atoms with E-state index in [1.807, 2.05) is 5.38 Å². The van der Waals surface area contributed by atoms with Crippen LogP contribution < -0.4 is 8.79 Å². The summed E-state index contributed by atoms with van der Waals surface area (Å²) in [5, 5.41) is 1.94. The minimum absolute atomic E-state index is 0.136. The van der Waals surface area contributed by atoms with Gasteiger partial charge >= 0.3 is 0 Å². The Morgan fingerprint density at radius 2 is 2.00 bits per heavy atom. The lowest BCUT2D eigenvalue weighted by Crippen LogP contribution is -2.03. The number of hydrogen-bond donors (Lipinski definition) is 0. The predicted octanol–water partition coefficient (Wildman–Crippen LogP) is 5.78. The van der Waals surface area contributed by atoms with Gasteiger partial charge in [-0.1, -0.05) is 56.4 Å². The Hall–Kier alpha value is -1.13. The van der Waals surface area contributed by atoms with E-state index >= 15 is 0 Å². The van der Waals surface area contributed by atoms with E-state index < -0.39 is 0 Å². The van der Waals surface area contributed by atoms with Gasteiger partial charge in [-0.2, -0.15) is 0 Å². The van der Waals surface area contributed by atoms with E-state index in [9.17, 15) is 4.79 Å². The standard InChI is InChI=1S/C18H24O2S2/c1-5-13(4)14-6-7-16(20-9-8-12(2)3)15(10-14)17-11-21-18(19)22-17/h6-7,10-13H,5,8-9H2,1-4H3. The van der Waals surface area contributed by atoms with E-state index in [2.05, 4.69) is 45.9 Å². The normalized spacial score (nSPS) is 12.6. The molecule has 0 saturated carbocycles. The maximum Gasteiger partial charge on any atom is 0.287 e. The molecule has 2 rings (SSSR count). The highest BCUT2D eigenvalue weighted by Gasteiger charge is 2.13. The molecule has 0 saturated heterocycles. The van der Waals surface area contributed by atoms with E-state index in [-0.39, 0.29) is 4.06 Å². The van der Waals surface area contributed by atoms with Gasteiger partial charge in [0.2, 0.25) is 0 Å². The van der Waals surface area contributed by atoms with Crippen molar-refractivity contribution in [2.24, 2.45) is 5.92 Å². The van der Waals surface area contributed by atoms with Crippen LogP contribution in [0.15, 0.2) is 28.4 Å². The van der Waals surface area contributed by atoms with Gasteiger partial charge in [-0.15, -0.1) is 0 Å². The molecule has 1 unspecified atom stereocenters. The summed E-state index contributed by atoms with van der Waals surface area (Å²) in [4.78, 5) is 12.6. The van der Waals surface area contributed by atoms with Gasteiger partial charge in [0.15, 0.2) is 0 Å². The molecule has 0 fully saturated rings. The number of hydrogen-bond acceptors (Lipinski definition) is 4. The van der Waals surface area contributed by atoms with Gasteiger partial charge in [-0.05, 0) is 42.4 Å². The van der Waals surface area contributed by atoms with Gasteiger partial charge in [-0.3, -0.25) is 4.79 Å². The maximum atomic E-state index is 11.5. The molecule has 1 aromatic carbocycles. The van der Waals surface area contributed by atoms with Gasteiger partial charge in [0, 0.05) is 10.9 Å². The lowest BCUT2D eigenvalue weighted by molar-refractivity contribution is 0.290. The van der Waals surface area contributed by atoms with Crippen molar-refractivity contribution in [3.05, 3.63) is 38.0 Å². The fraction of sp³-hybridized carbons (Fsp3) is 0.500. The molecule has 1 heterocycles. The van der Waals surface area contributed by atoms with Crippen molar-refractivity contribution in [2.45, 2.75) is 46.5 Å². The van der Waals surface area contributed by atoms with Crippen LogP contribution in [-0.4, -0.2) is 6.61 Å². The number of benzene rings is 1. The average molecular weight is 337 g/mol. The quantitative estimate of drug-likeness (QED) is 0.641. The van der Waals surface area contributed by atoms with Gasteiger partial charge in [-0.25, -0.2) is 0 Å². The zero-order valence-corrected chi connectivity index (χ0v) is 15.4. The van der Waals surface area contributed by atoms with Gasteiger partial charge in [0.25, 0.3) is 4.06 Å². The fourth-order valence-electron chi connectivity index (χ4n) is 2.17. The van der Waals surface area contributed by atoms with Crippen molar-refractivity contribution in [1.82, 2.24) is 0 Å². The third kappa shape index (κ3) is 4.43. The van der Waals surface area contributed by atoms with Gasteiger partial charge in [0.1, 0.15) is 5.75 Å². The summed E-state index contributed by atoms with van der Waals surface area (Å²) in [7, 11) is 0. The maximum absolute atomic E-state index is 11.5. The SMILES string of the molecule is CCC(C)c1ccc(OCCC(C)C)c(-c2csc(=O)s2)c1. The summed E-state index contributed by atoms with van der Waals surface area (Å²) in [6.45, 7) is 9.53. The monoisotopic (exact) mass is 336 g/mol. The highest BCUT2D eigenvalue weighted by molar-refractivity contribution is 7.28. The molecule has 0 aliphatic rings. The van der Waals surface area contributed by atoms with Crippen LogP contribution in [0.2, 0.25) is 0 Å². The topological polar surface area (TPSA) is 26.3 Å². The molecule has 0 spiro atoms. The zero-order chi connectivity index (χ0) is 16.1. The molecule has 0 N–H and O–H groups in total. The van der Waals surface area contributed by atoms with Crippen LogP contribution in [0.4, 0.5) is 0 Å². The van der Waals surface area contributed by atoms with Crippen molar-refractivity contribution in [3.63, 3.8) is 0 Å². The summed E-state index contributed by atoms with van der Waals surface area (Å²) in [5.41, 5.74) is 2.37. The van der Waals surface area contributed by atoms with Crippen molar-refractivity contribution < 1.29 is 4.74 Å². The summed E-state index contributed by atoms with van der Waals surface area (Å²) < 4.78 is 6.13. The molecule has 0 amide bonds. The van der Waals surface area contributed by atoms with E-state index in [1.165, 1.54) is 28.2 Å². The lowest BCUT2D eigenvalue weighted by atomic mass is 9.96. The summed E-state index contributed by atoms with van der Waals surface area (Å²) in [6, 6.07) is 6.40. The highest BCUT2D eigenvalue weighted by Crippen LogP contribution is 2.36. The van der Waals surface area contributed by atoms with Crippen LogP contribution in [0.1, 0.15) is 52.0 Å². The second-order valence-corrected chi connectivity index (χ2v) is 8.16. The van der Waals surface area contributed by atoms with Crippen molar-refractivity contribution >= 4 is 22.7 Å². The third-order valence-corrected chi connectivity index (χ3v) is 5.82. The van der Waals surface area contributed by atoms with E-state index in [4.69, 9.17) is 4.74 Å². The Balaban J connectivity index is 2.33. The molecular formula is C18H24O2S2. The highest BCUT2D eigenvalue weighted by atomic mass is 32.2. The second kappa shape index (κ2) is 7.93. The fourth-order valence-corrected chi connectivity index (χ4v) is 3.89. The Kier molecular flexibility index (Phi) is 6.21. The first kappa shape index (κ1) is 17.2. The Morgan fingerprint density at radius 1 is 1.23 bits per heavy atom. The second-order valence-electron chi connectivity index (χ2n) is 6.05. The molecule has 0 aliphatic heterocycles. The van der Waals surface area contributed by atoms with E-state index in [0.717, 1.165) is 29.0 Å². The van der Waals surface area contributed by atoms with Crippen LogP contribution in [0, 0.1) is 5.92 Å². The van der Waals surface area contributed by atoms with Gasteiger partial charge in [0.05, 0.1) is 11.5 Å². The van der Waals surface area contributed by atoms with E-state index in [0.29, 0.717) is 18.4 Å². The molecular weight excluding hydrogens is 312 g/mol. The summed E-state index contributed by atoms with van der Waals surface area (Å²) >= 11 is 2.57. The molecule has 2 aromatic rings. The van der Waals surface area contributed by atoms with Crippen LogP contribution >= 0.6 is 22.7 Å². The summed E-state index contributed by atoms with van der Waals surface area (Å²) in [5.74, 6) is 2.03. The summed E-state index contributed by atoms with van der Waals surface area (Å²) in [6.07, 6.45) is 2.14. The molecule has 0 aliphatic carbocycles. The average Bonchev–Trinajstić information content (AvgIpc) is 2.92. The zero-order valence-electron chi connectivity index (χ0n) is 13.7. The lowest BCUT2D eigenvalue weighted by Gasteiger charge is -2.15. The largest absolute Gasteiger partial charge is 0.493 e. The molecule has 2 nitrogen and oxygen atoms in total. The molecule has 1 atom stereocenters. The molecule has 22 heavy (non-hydrogen) atoms. The number of rotatable bonds is 7. The first-order chi connectivity index (χ1) is 10.5. The van der Waals surface area contributed by atoms with Crippen molar-refractivity contribution in [1.29, 1.82) is 0 Å². The molecule has 0 radical (unpaired) electrons. The van der Waals surface area contributed by atoms with Crippen molar-refractivity contribution in [3.8, 4) is 16.2 Å². The van der Waals surface area contributed by atoms with Crippen molar-refractivity contribution in [2.75, 3.05) is 6.61 Å². The molecule has 120 valence electrons. The van der Waals surface area contributed by atoms with Gasteiger partial charge < -0.3 is 4.74 Å². The Bertz CT molecular complexity index is 655. The van der Waals surface area contributed by atoms with E-state index in [1.54, 1.807) is 0 Å². The predicted molar refractivity (Wildman–Crippen MR) is 97.6 cm³/mol. The first-order valence-corrected chi connectivity index (χ1v) is 9.56. The van der Waals surface area contributed by atoms with Crippen LogP contribution in [0.25, 0.3) is 10.4 Å². The third-order valence-electron chi connectivity index (χ3n) is 3.86. The molecule has 1 aromatic heterocycles. The van der Waals surface area contributed by atoms with Crippen LogP contribution in [-0.2, 0) is 0 Å².